The number of aromatic nitrogens is 4. The molecule has 1 aliphatic rings. The summed E-state index contributed by atoms with van der Waals surface area (Å²) in [6.45, 7) is 0.578. The standard InChI is InChI=1S/C22H30N8O4/c23-14(20(25)33)7-6-13(26-9-12-4-2-1-3-5-12)8-15-17(31)18(32)22(34-15)30-11-29-16-19(24)27-10-28-21(16)30/h1-5,10-11,13-15,17-18,22,26,31-32H,6-9,23H2,(H2,25,33)(H2,24,27,28)/t13-,14-,15+,17?,18?,22+/m0/s1. The molecule has 12 nitrogen and oxygen atoms in total. The number of carbonyl (C=O) groups is 1. The second kappa shape index (κ2) is 10.4. The lowest BCUT2D eigenvalue weighted by molar-refractivity contribution is -0.119. The Labute approximate surface area is 196 Å². The Hall–Kier alpha value is -3.16. The average molecular weight is 471 g/mol. The monoisotopic (exact) mass is 470 g/mol. The van der Waals surface area contributed by atoms with E-state index in [-0.39, 0.29) is 11.9 Å². The van der Waals surface area contributed by atoms with Crippen LogP contribution in [0.25, 0.3) is 11.2 Å². The number of amides is 1. The van der Waals surface area contributed by atoms with Crippen LogP contribution in [0.5, 0.6) is 0 Å². The molecular formula is C22H30N8O4. The topological polar surface area (TPSA) is 200 Å². The van der Waals surface area contributed by atoms with Crippen molar-refractivity contribution in [2.45, 2.75) is 62.4 Å². The van der Waals surface area contributed by atoms with E-state index >= 15 is 0 Å². The van der Waals surface area contributed by atoms with Crippen LogP contribution in [0.2, 0.25) is 0 Å². The highest BCUT2D eigenvalue weighted by atomic mass is 16.6. The van der Waals surface area contributed by atoms with Crippen LogP contribution in [-0.4, -0.2) is 66.0 Å². The molecule has 0 saturated carbocycles. The van der Waals surface area contributed by atoms with E-state index < -0.39 is 36.5 Å². The maximum Gasteiger partial charge on any atom is 0.234 e. The Balaban J connectivity index is 1.48. The van der Waals surface area contributed by atoms with E-state index in [0.29, 0.717) is 37.0 Å². The van der Waals surface area contributed by atoms with Crippen molar-refractivity contribution in [3.8, 4) is 0 Å². The zero-order valence-electron chi connectivity index (χ0n) is 18.6. The van der Waals surface area contributed by atoms with Crippen molar-refractivity contribution in [1.29, 1.82) is 0 Å². The van der Waals surface area contributed by atoms with E-state index in [0.717, 1.165) is 5.56 Å². The lowest BCUT2D eigenvalue weighted by atomic mass is 9.97. The number of aliphatic hydroxyl groups is 2. The number of carbonyl (C=O) groups excluding carboxylic acids is 1. The Bertz CT molecular complexity index is 1110. The van der Waals surface area contributed by atoms with Crippen LogP contribution < -0.4 is 22.5 Å². The number of hydrogen-bond acceptors (Lipinski definition) is 10. The predicted molar refractivity (Wildman–Crippen MR) is 124 cm³/mol. The summed E-state index contributed by atoms with van der Waals surface area (Å²) >= 11 is 0. The van der Waals surface area contributed by atoms with E-state index in [1.165, 1.54) is 17.2 Å². The number of aliphatic hydroxyl groups excluding tert-OH is 2. The minimum atomic E-state index is -1.21. The van der Waals surface area contributed by atoms with Crippen molar-refractivity contribution >= 4 is 22.9 Å². The Morgan fingerprint density at radius 2 is 1.91 bits per heavy atom. The van der Waals surface area contributed by atoms with Gasteiger partial charge in [-0.3, -0.25) is 9.36 Å². The van der Waals surface area contributed by atoms with Crippen molar-refractivity contribution < 1.29 is 19.7 Å². The molecular weight excluding hydrogens is 440 g/mol. The van der Waals surface area contributed by atoms with Crippen LogP contribution in [-0.2, 0) is 16.1 Å². The van der Waals surface area contributed by atoms with Gasteiger partial charge in [0.1, 0.15) is 24.1 Å². The molecule has 1 aromatic carbocycles. The number of nitrogens with zero attached hydrogens (tertiary/aromatic N) is 4. The summed E-state index contributed by atoms with van der Waals surface area (Å²) in [5, 5.41) is 24.9. The van der Waals surface area contributed by atoms with Gasteiger partial charge in [-0.25, -0.2) is 15.0 Å². The maximum absolute atomic E-state index is 11.4. The van der Waals surface area contributed by atoms with E-state index in [1.807, 2.05) is 30.3 Å². The van der Waals surface area contributed by atoms with Crippen LogP contribution in [0.15, 0.2) is 43.0 Å². The molecule has 2 unspecified atom stereocenters. The second-order valence-electron chi connectivity index (χ2n) is 8.51. The van der Waals surface area contributed by atoms with Gasteiger partial charge in [0.2, 0.25) is 5.91 Å². The normalized spacial score (nSPS) is 24.3. The number of benzene rings is 1. The smallest absolute Gasteiger partial charge is 0.234 e. The molecule has 1 aliphatic heterocycles. The van der Waals surface area contributed by atoms with Gasteiger partial charge in [0, 0.05) is 12.6 Å². The summed E-state index contributed by atoms with van der Waals surface area (Å²) in [5.74, 6) is -0.355. The van der Waals surface area contributed by atoms with Gasteiger partial charge in [0.25, 0.3) is 0 Å². The molecule has 12 heteroatoms. The van der Waals surface area contributed by atoms with Crippen molar-refractivity contribution in [1.82, 2.24) is 24.8 Å². The first-order valence-corrected chi connectivity index (χ1v) is 11.1. The molecule has 1 fully saturated rings. The molecule has 0 spiro atoms. The second-order valence-corrected chi connectivity index (χ2v) is 8.51. The molecule has 0 radical (unpaired) electrons. The number of nitrogens with two attached hydrogens (primary N) is 3. The van der Waals surface area contributed by atoms with Crippen LogP contribution in [0.4, 0.5) is 5.82 Å². The van der Waals surface area contributed by atoms with Crippen LogP contribution in [0.1, 0.15) is 31.1 Å². The highest BCUT2D eigenvalue weighted by Crippen LogP contribution is 2.34. The maximum atomic E-state index is 11.4. The fourth-order valence-electron chi connectivity index (χ4n) is 4.17. The van der Waals surface area contributed by atoms with E-state index in [9.17, 15) is 15.0 Å². The number of primary amides is 1. The summed E-state index contributed by atoms with van der Waals surface area (Å²) in [4.78, 5) is 23.7. The quantitative estimate of drug-likeness (QED) is 0.217. The fourth-order valence-corrected chi connectivity index (χ4v) is 4.17. The first-order chi connectivity index (χ1) is 16.3. The van der Waals surface area contributed by atoms with Crippen molar-refractivity contribution in [3.05, 3.63) is 48.5 Å². The number of fused-ring (bicyclic) bond motifs is 1. The van der Waals surface area contributed by atoms with Crippen LogP contribution in [0.3, 0.4) is 0 Å². The van der Waals surface area contributed by atoms with Gasteiger partial charge in [0.15, 0.2) is 17.7 Å². The van der Waals surface area contributed by atoms with Gasteiger partial charge < -0.3 is 37.5 Å². The number of hydrogen-bond donors (Lipinski definition) is 6. The molecule has 3 aromatic rings. The molecule has 3 heterocycles. The highest BCUT2D eigenvalue weighted by molar-refractivity contribution is 5.81. The third kappa shape index (κ3) is 5.16. The Morgan fingerprint density at radius 1 is 1.15 bits per heavy atom. The number of rotatable bonds is 10. The molecule has 0 bridgehead atoms. The molecule has 1 saturated heterocycles. The Morgan fingerprint density at radius 3 is 2.65 bits per heavy atom. The Kier molecular flexibility index (Phi) is 7.34. The number of anilines is 1. The van der Waals surface area contributed by atoms with Crippen molar-refractivity contribution in [3.63, 3.8) is 0 Å². The summed E-state index contributed by atoms with van der Waals surface area (Å²) in [6.07, 6.45) is 0.0924. The molecule has 182 valence electrons. The number of nitrogen functional groups attached to an aromatic ring is 1. The third-order valence-corrected chi connectivity index (χ3v) is 6.14. The highest BCUT2D eigenvalue weighted by Gasteiger charge is 2.45. The first-order valence-electron chi connectivity index (χ1n) is 11.1. The minimum Gasteiger partial charge on any atom is -0.388 e. The molecule has 34 heavy (non-hydrogen) atoms. The summed E-state index contributed by atoms with van der Waals surface area (Å²) in [5.41, 5.74) is 18.9. The number of imidazole rings is 1. The molecule has 4 rings (SSSR count). The van der Waals surface area contributed by atoms with Gasteiger partial charge in [-0.15, -0.1) is 0 Å². The fraction of sp³-hybridized carbons (Fsp3) is 0.455. The lowest BCUT2D eigenvalue weighted by Crippen LogP contribution is -2.41. The SMILES string of the molecule is NC(=O)[C@@H](N)CC[C@@H](C[C@H]1O[C@@H](n2cnc3c(N)ncnc32)C(O)C1O)NCc1ccccc1. The molecule has 6 atom stereocenters. The number of ether oxygens (including phenoxy) is 1. The first kappa shape index (κ1) is 24.0. The molecule has 1 amide bonds. The average Bonchev–Trinajstić information content (AvgIpc) is 3.38. The molecule has 2 aromatic heterocycles. The van der Waals surface area contributed by atoms with E-state index in [4.69, 9.17) is 21.9 Å². The minimum absolute atomic E-state index is 0.159. The summed E-state index contributed by atoms with van der Waals surface area (Å²) < 4.78 is 7.61. The van der Waals surface area contributed by atoms with Crippen molar-refractivity contribution in [2.75, 3.05) is 5.73 Å². The lowest BCUT2D eigenvalue weighted by Gasteiger charge is -2.24. The van der Waals surface area contributed by atoms with Gasteiger partial charge in [0.05, 0.1) is 18.5 Å². The van der Waals surface area contributed by atoms with Crippen LogP contribution >= 0.6 is 0 Å². The summed E-state index contributed by atoms with van der Waals surface area (Å²) in [7, 11) is 0. The van der Waals surface area contributed by atoms with E-state index in [1.54, 1.807) is 0 Å². The van der Waals surface area contributed by atoms with Gasteiger partial charge in [-0.2, -0.15) is 0 Å². The number of nitrogens with one attached hydrogen (secondary N) is 1. The van der Waals surface area contributed by atoms with Crippen LogP contribution in [0, 0.1) is 0 Å². The molecule has 0 aliphatic carbocycles. The summed E-state index contributed by atoms with van der Waals surface area (Å²) in [6, 6.07) is 8.91. The van der Waals surface area contributed by atoms with Gasteiger partial charge >= 0.3 is 0 Å². The van der Waals surface area contributed by atoms with Gasteiger partial charge in [-0.05, 0) is 24.8 Å². The van der Waals surface area contributed by atoms with E-state index in [2.05, 4.69) is 20.3 Å². The largest absolute Gasteiger partial charge is 0.388 e. The van der Waals surface area contributed by atoms with Gasteiger partial charge in [-0.1, -0.05) is 30.3 Å². The molecule has 9 N–H and O–H groups in total. The third-order valence-electron chi connectivity index (χ3n) is 6.14. The zero-order chi connectivity index (χ0) is 24.2. The zero-order valence-corrected chi connectivity index (χ0v) is 18.6. The predicted octanol–water partition coefficient (Wildman–Crippen LogP) is -0.831. The van der Waals surface area contributed by atoms with Crippen molar-refractivity contribution in [2.24, 2.45) is 11.5 Å².